The van der Waals surface area contributed by atoms with Crippen LogP contribution < -0.4 is 5.32 Å². The molecule has 0 aromatic heterocycles. The molecule has 0 atom stereocenters. The highest BCUT2D eigenvalue weighted by Crippen LogP contribution is 2.18. The van der Waals surface area contributed by atoms with Crippen molar-refractivity contribution in [2.75, 3.05) is 25.6 Å². The highest BCUT2D eigenvalue weighted by molar-refractivity contribution is 7.89. The van der Waals surface area contributed by atoms with Gasteiger partial charge in [0.15, 0.2) is 6.61 Å². The maximum absolute atomic E-state index is 12.6. The first-order valence-corrected chi connectivity index (χ1v) is 12.3. The lowest BCUT2D eigenvalue weighted by Gasteiger charge is -2.21. The molecule has 0 unspecified atom stereocenters. The molecule has 2 aromatic rings. The van der Waals surface area contributed by atoms with E-state index in [0.717, 1.165) is 12.8 Å². The van der Waals surface area contributed by atoms with Crippen LogP contribution in [0.3, 0.4) is 0 Å². The summed E-state index contributed by atoms with van der Waals surface area (Å²) in [5.41, 5.74) is 0.784. The molecule has 184 valence electrons. The maximum Gasteiger partial charge on any atom is 0.338 e. The minimum atomic E-state index is -3.77. The van der Waals surface area contributed by atoms with Crippen LogP contribution in [-0.2, 0) is 24.3 Å². The molecule has 0 aliphatic carbocycles. The Bertz CT molecular complexity index is 1110. The van der Waals surface area contributed by atoms with Crippen LogP contribution in [0.25, 0.3) is 0 Å². The van der Waals surface area contributed by atoms with Gasteiger partial charge >= 0.3 is 11.9 Å². The van der Waals surface area contributed by atoms with E-state index >= 15 is 0 Å². The van der Waals surface area contributed by atoms with Crippen molar-refractivity contribution in [2.24, 2.45) is 0 Å². The van der Waals surface area contributed by atoms with Gasteiger partial charge in [-0.3, -0.25) is 4.79 Å². The van der Waals surface area contributed by atoms with Crippen LogP contribution in [0.5, 0.6) is 0 Å². The number of benzene rings is 2. The van der Waals surface area contributed by atoms with Gasteiger partial charge in [-0.15, -0.1) is 0 Å². The summed E-state index contributed by atoms with van der Waals surface area (Å²) in [4.78, 5) is 36.4. The van der Waals surface area contributed by atoms with Crippen LogP contribution in [0.4, 0.5) is 5.69 Å². The highest BCUT2D eigenvalue weighted by Gasteiger charge is 2.24. The van der Waals surface area contributed by atoms with E-state index < -0.39 is 34.5 Å². The van der Waals surface area contributed by atoms with Crippen molar-refractivity contribution in [1.29, 1.82) is 0 Å². The summed E-state index contributed by atoms with van der Waals surface area (Å²) >= 11 is 0. The lowest BCUT2D eigenvalue weighted by atomic mass is 10.2. The third-order valence-corrected chi connectivity index (χ3v) is 6.97. The number of sulfonamides is 1. The predicted octanol–water partition coefficient (Wildman–Crippen LogP) is 3.47. The van der Waals surface area contributed by atoms with Crippen molar-refractivity contribution in [3.63, 3.8) is 0 Å². The Morgan fingerprint density at radius 2 is 1.62 bits per heavy atom. The molecule has 0 aliphatic rings. The molecule has 1 amide bonds. The number of unbranched alkanes of at least 4 members (excludes halogenated alkanes) is 1. The molecule has 2 aromatic carbocycles. The Morgan fingerprint density at radius 1 is 0.971 bits per heavy atom. The van der Waals surface area contributed by atoms with Crippen molar-refractivity contribution >= 4 is 33.6 Å². The normalized spacial score (nSPS) is 11.4. The molecule has 34 heavy (non-hydrogen) atoms. The molecule has 0 saturated heterocycles. The lowest BCUT2D eigenvalue weighted by Crippen LogP contribution is -2.33. The summed E-state index contributed by atoms with van der Waals surface area (Å²) < 4.78 is 36.6. The van der Waals surface area contributed by atoms with E-state index in [4.69, 9.17) is 9.47 Å². The summed E-state index contributed by atoms with van der Waals surface area (Å²) in [6.45, 7) is 5.25. The predicted molar refractivity (Wildman–Crippen MR) is 127 cm³/mol. The van der Waals surface area contributed by atoms with Gasteiger partial charge in [0, 0.05) is 18.8 Å². The standard InChI is InChI=1S/C24H30N2O7S/c1-5-6-14-32-23(28)18-10-12-20(13-11-18)25-22(27)16-33-24(29)19-8-7-9-21(15-19)34(30,31)26(4)17(2)3/h7-13,15,17H,5-6,14,16H2,1-4H3,(H,25,27). The molecule has 0 aliphatic heterocycles. The Hall–Kier alpha value is -3.24. The van der Waals surface area contributed by atoms with Crippen molar-refractivity contribution < 1.29 is 32.3 Å². The SMILES string of the molecule is CCCCOC(=O)c1ccc(NC(=O)COC(=O)c2cccc(S(=O)(=O)N(C)C(C)C)c2)cc1. The quantitative estimate of drug-likeness (QED) is 0.378. The van der Waals surface area contributed by atoms with Crippen LogP contribution in [0.2, 0.25) is 0 Å². The number of rotatable bonds is 11. The zero-order valence-electron chi connectivity index (χ0n) is 19.7. The number of carbonyl (C=O) groups is 3. The second kappa shape index (κ2) is 12.3. The number of hydrogen-bond donors (Lipinski definition) is 1. The van der Waals surface area contributed by atoms with E-state index in [1.165, 1.54) is 59.9 Å². The van der Waals surface area contributed by atoms with Gasteiger partial charge in [-0.1, -0.05) is 19.4 Å². The van der Waals surface area contributed by atoms with Gasteiger partial charge in [0.25, 0.3) is 5.91 Å². The van der Waals surface area contributed by atoms with Crippen molar-refractivity contribution in [2.45, 2.75) is 44.6 Å². The van der Waals surface area contributed by atoms with Gasteiger partial charge in [-0.2, -0.15) is 4.31 Å². The van der Waals surface area contributed by atoms with Crippen LogP contribution in [-0.4, -0.2) is 56.9 Å². The second-order valence-electron chi connectivity index (χ2n) is 7.83. The number of amides is 1. The van der Waals surface area contributed by atoms with Gasteiger partial charge in [0.1, 0.15) is 0 Å². The fourth-order valence-electron chi connectivity index (χ4n) is 2.72. The van der Waals surface area contributed by atoms with Crippen molar-refractivity contribution in [3.8, 4) is 0 Å². The first-order valence-electron chi connectivity index (χ1n) is 10.9. The maximum atomic E-state index is 12.6. The number of anilines is 1. The van der Waals surface area contributed by atoms with E-state index in [1.807, 2.05) is 6.92 Å². The molecule has 0 bridgehead atoms. The van der Waals surface area contributed by atoms with E-state index in [2.05, 4.69) is 5.32 Å². The fraction of sp³-hybridized carbons (Fsp3) is 0.375. The topological polar surface area (TPSA) is 119 Å². The summed E-state index contributed by atoms with van der Waals surface area (Å²) in [5, 5.41) is 2.56. The Kier molecular flexibility index (Phi) is 9.76. The van der Waals surface area contributed by atoms with Gasteiger partial charge in [0.05, 0.1) is 22.6 Å². The second-order valence-corrected chi connectivity index (χ2v) is 9.83. The van der Waals surface area contributed by atoms with Crippen LogP contribution >= 0.6 is 0 Å². The van der Waals surface area contributed by atoms with E-state index in [-0.39, 0.29) is 16.5 Å². The summed E-state index contributed by atoms with van der Waals surface area (Å²) in [6.07, 6.45) is 1.70. The number of nitrogens with one attached hydrogen (secondary N) is 1. The third-order valence-electron chi connectivity index (χ3n) is 4.94. The molecule has 0 heterocycles. The first-order chi connectivity index (χ1) is 16.1. The number of nitrogens with zero attached hydrogens (tertiary/aromatic N) is 1. The number of hydrogen-bond acceptors (Lipinski definition) is 7. The Morgan fingerprint density at radius 3 is 2.24 bits per heavy atom. The number of esters is 2. The Balaban J connectivity index is 1.93. The van der Waals surface area contributed by atoms with E-state index in [0.29, 0.717) is 17.9 Å². The van der Waals surface area contributed by atoms with Gasteiger partial charge in [-0.25, -0.2) is 18.0 Å². The third kappa shape index (κ3) is 7.39. The largest absolute Gasteiger partial charge is 0.462 e. The minimum absolute atomic E-state index is 0.0111. The molecule has 1 N–H and O–H groups in total. The summed E-state index contributed by atoms with van der Waals surface area (Å²) in [5.74, 6) is -1.86. The molecule has 0 fully saturated rings. The molecule has 0 saturated carbocycles. The molecular weight excluding hydrogens is 460 g/mol. The lowest BCUT2D eigenvalue weighted by molar-refractivity contribution is -0.119. The average molecular weight is 491 g/mol. The highest BCUT2D eigenvalue weighted by atomic mass is 32.2. The molecule has 2 rings (SSSR count). The smallest absolute Gasteiger partial charge is 0.338 e. The zero-order valence-corrected chi connectivity index (χ0v) is 20.6. The zero-order chi connectivity index (χ0) is 25.3. The number of ether oxygens (including phenoxy) is 2. The van der Waals surface area contributed by atoms with Gasteiger partial charge in [0.2, 0.25) is 10.0 Å². The van der Waals surface area contributed by atoms with Crippen molar-refractivity contribution in [3.05, 3.63) is 59.7 Å². The van der Waals surface area contributed by atoms with Crippen LogP contribution in [0.1, 0.15) is 54.3 Å². The van der Waals surface area contributed by atoms with Gasteiger partial charge < -0.3 is 14.8 Å². The monoisotopic (exact) mass is 490 g/mol. The van der Waals surface area contributed by atoms with Gasteiger partial charge in [-0.05, 0) is 62.7 Å². The molecule has 0 radical (unpaired) electrons. The number of carbonyl (C=O) groups excluding carboxylic acids is 3. The van der Waals surface area contributed by atoms with E-state index in [9.17, 15) is 22.8 Å². The molecular formula is C24H30N2O7S. The summed E-state index contributed by atoms with van der Waals surface area (Å²) in [7, 11) is -2.31. The van der Waals surface area contributed by atoms with Crippen LogP contribution in [0.15, 0.2) is 53.4 Å². The molecule has 0 spiro atoms. The molecule has 10 heteroatoms. The Labute approximate surface area is 200 Å². The molecule has 9 nitrogen and oxygen atoms in total. The minimum Gasteiger partial charge on any atom is -0.462 e. The van der Waals surface area contributed by atoms with Crippen LogP contribution in [0, 0.1) is 0 Å². The first kappa shape index (κ1) is 27.0. The average Bonchev–Trinajstić information content (AvgIpc) is 2.82. The van der Waals surface area contributed by atoms with E-state index in [1.54, 1.807) is 13.8 Å². The van der Waals surface area contributed by atoms with Crippen molar-refractivity contribution in [1.82, 2.24) is 4.31 Å². The fourth-order valence-corrected chi connectivity index (χ4v) is 4.14. The summed E-state index contributed by atoms with van der Waals surface area (Å²) in [6, 6.07) is 11.3.